The van der Waals surface area contributed by atoms with Gasteiger partial charge in [0.15, 0.2) is 0 Å². The zero-order valence-electron chi connectivity index (χ0n) is 16.9. The third-order valence-corrected chi connectivity index (χ3v) is 6.93. The number of likely N-dealkylation sites (tertiary alicyclic amines) is 1. The van der Waals surface area contributed by atoms with Gasteiger partial charge in [0, 0.05) is 24.2 Å². The quantitative estimate of drug-likeness (QED) is 0.633. The summed E-state index contributed by atoms with van der Waals surface area (Å²) >= 11 is 1.76. The maximum atomic E-state index is 13.3. The predicted octanol–water partition coefficient (Wildman–Crippen LogP) is 5.01. The second kappa shape index (κ2) is 8.62. The highest BCUT2D eigenvalue weighted by Crippen LogP contribution is 2.43. The average molecular weight is 419 g/mol. The van der Waals surface area contributed by atoms with Crippen LogP contribution in [0.4, 0.5) is 0 Å². The second-order valence-electron chi connectivity index (χ2n) is 8.21. The number of carbonyl (C=O) groups excluding carboxylic acids is 1. The topological polar surface area (TPSA) is 41.6 Å². The minimum atomic E-state index is -0.315. The van der Waals surface area contributed by atoms with E-state index in [0.717, 1.165) is 61.6 Å². The smallest absolute Gasteiger partial charge is 0.232 e. The number of fused-ring (bicyclic) bond motifs is 2. The highest BCUT2D eigenvalue weighted by Gasteiger charge is 2.32. The van der Waals surface area contributed by atoms with Crippen molar-refractivity contribution in [1.29, 1.82) is 0 Å². The second-order valence-corrected chi connectivity index (χ2v) is 8.99. The molecule has 0 aliphatic carbocycles. The standard InChI is InChI=1S/C25H26N2O2S/c28-25(26-15-18-9-12-27(13-10-18)16-19-11-14-30-17-19)24-20-5-1-3-7-22(20)29-23-8-4-2-6-21(23)24/h1-8,11,14,17-18,24H,9-10,12-13,15-16H2,(H,26,28). The molecule has 5 heteroatoms. The number of piperidine rings is 1. The van der Waals surface area contributed by atoms with E-state index in [4.69, 9.17) is 4.74 Å². The first-order valence-electron chi connectivity index (χ1n) is 10.6. The van der Waals surface area contributed by atoms with E-state index in [-0.39, 0.29) is 11.8 Å². The van der Waals surface area contributed by atoms with Crippen LogP contribution in [0.3, 0.4) is 0 Å². The first-order valence-corrected chi connectivity index (χ1v) is 11.6. The van der Waals surface area contributed by atoms with E-state index < -0.39 is 0 Å². The van der Waals surface area contributed by atoms with Crippen LogP contribution in [-0.4, -0.2) is 30.4 Å². The third-order valence-electron chi connectivity index (χ3n) is 6.20. The number of rotatable bonds is 5. The highest BCUT2D eigenvalue weighted by molar-refractivity contribution is 7.07. The van der Waals surface area contributed by atoms with E-state index in [1.54, 1.807) is 11.3 Å². The van der Waals surface area contributed by atoms with Gasteiger partial charge in [0.2, 0.25) is 5.91 Å². The van der Waals surface area contributed by atoms with Crippen molar-refractivity contribution in [2.75, 3.05) is 19.6 Å². The number of para-hydroxylation sites is 2. The van der Waals surface area contributed by atoms with Crippen molar-refractivity contribution < 1.29 is 9.53 Å². The lowest BCUT2D eigenvalue weighted by Gasteiger charge is -2.32. The summed E-state index contributed by atoms with van der Waals surface area (Å²) in [4.78, 5) is 15.8. The molecule has 1 N–H and O–H groups in total. The Hall–Kier alpha value is -2.63. The van der Waals surface area contributed by atoms with E-state index in [0.29, 0.717) is 5.92 Å². The molecule has 1 amide bonds. The summed E-state index contributed by atoms with van der Waals surface area (Å²) in [6, 6.07) is 17.9. The number of hydrogen-bond acceptors (Lipinski definition) is 4. The number of amides is 1. The number of ether oxygens (including phenoxy) is 1. The van der Waals surface area contributed by atoms with Gasteiger partial charge in [-0.2, -0.15) is 11.3 Å². The van der Waals surface area contributed by atoms with Gasteiger partial charge >= 0.3 is 0 Å². The van der Waals surface area contributed by atoms with Gasteiger partial charge in [-0.1, -0.05) is 36.4 Å². The Morgan fingerprint density at radius 1 is 1.00 bits per heavy atom. The fraction of sp³-hybridized carbons (Fsp3) is 0.320. The molecule has 0 saturated carbocycles. The van der Waals surface area contributed by atoms with Crippen LogP contribution in [0.2, 0.25) is 0 Å². The van der Waals surface area contributed by atoms with Crippen molar-refractivity contribution >= 4 is 17.2 Å². The van der Waals surface area contributed by atoms with Gasteiger partial charge in [0.25, 0.3) is 0 Å². The molecule has 2 aliphatic heterocycles. The van der Waals surface area contributed by atoms with Gasteiger partial charge in [-0.05, 0) is 66.4 Å². The Kier molecular flexibility index (Phi) is 5.56. The summed E-state index contributed by atoms with van der Waals surface area (Å²) in [5.74, 6) is 1.85. The molecule has 154 valence electrons. The average Bonchev–Trinajstić information content (AvgIpc) is 3.30. The zero-order chi connectivity index (χ0) is 20.3. The lowest BCUT2D eigenvalue weighted by atomic mass is 9.87. The number of thiophene rings is 1. The molecule has 2 aliphatic rings. The number of nitrogens with one attached hydrogen (secondary N) is 1. The molecule has 0 unspecified atom stereocenters. The maximum Gasteiger partial charge on any atom is 0.232 e. The molecule has 3 heterocycles. The van der Waals surface area contributed by atoms with Crippen molar-refractivity contribution in [3.05, 3.63) is 82.0 Å². The van der Waals surface area contributed by atoms with Crippen molar-refractivity contribution in [2.24, 2.45) is 5.92 Å². The van der Waals surface area contributed by atoms with E-state index in [9.17, 15) is 4.79 Å². The number of nitrogens with zero attached hydrogens (tertiary/aromatic N) is 1. The molecule has 1 fully saturated rings. The van der Waals surface area contributed by atoms with Gasteiger partial charge in [-0.3, -0.25) is 9.69 Å². The Balaban J connectivity index is 1.21. The summed E-state index contributed by atoms with van der Waals surface area (Å²) in [5.41, 5.74) is 3.29. The molecular weight excluding hydrogens is 392 g/mol. The molecule has 1 saturated heterocycles. The number of hydrogen-bond donors (Lipinski definition) is 1. The predicted molar refractivity (Wildman–Crippen MR) is 120 cm³/mol. The van der Waals surface area contributed by atoms with Crippen LogP contribution in [0.5, 0.6) is 11.5 Å². The van der Waals surface area contributed by atoms with Gasteiger partial charge in [-0.25, -0.2) is 0 Å². The van der Waals surface area contributed by atoms with E-state index in [2.05, 4.69) is 27.0 Å². The van der Waals surface area contributed by atoms with Crippen LogP contribution in [0.25, 0.3) is 0 Å². The zero-order valence-corrected chi connectivity index (χ0v) is 17.7. The minimum absolute atomic E-state index is 0.0684. The van der Waals surface area contributed by atoms with Crippen molar-refractivity contribution in [1.82, 2.24) is 10.2 Å². The Morgan fingerprint density at radius 3 is 2.30 bits per heavy atom. The van der Waals surface area contributed by atoms with E-state index in [1.165, 1.54) is 5.56 Å². The van der Waals surface area contributed by atoms with Gasteiger partial charge in [0.05, 0.1) is 5.92 Å². The van der Waals surface area contributed by atoms with Crippen molar-refractivity contribution in [2.45, 2.75) is 25.3 Å². The van der Waals surface area contributed by atoms with Gasteiger partial charge < -0.3 is 10.1 Å². The largest absolute Gasteiger partial charge is 0.457 e. The molecule has 0 radical (unpaired) electrons. The first kappa shape index (κ1) is 19.3. The van der Waals surface area contributed by atoms with Crippen LogP contribution >= 0.6 is 11.3 Å². The van der Waals surface area contributed by atoms with E-state index in [1.807, 2.05) is 48.5 Å². The Labute approximate surface area is 181 Å². The molecule has 3 aromatic rings. The first-order chi connectivity index (χ1) is 14.8. The molecule has 0 atom stereocenters. The number of benzene rings is 2. The summed E-state index contributed by atoms with van der Waals surface area (Å²) < 4.78 is 6.02. The summed E-state index contributed by atoms with van der Waals surface area (Å²) in [7, 11) is 0. The summed E-state index contributed by atoms with van der Waals surface area (Å²) in [6.45, 7) is 3.98. The normalized spacial score (nSPS) is 17.1. The van der Waals surface area contributed by atoms with Crippen LogP contribution < -0.4 is 10.1 Å². The third kappa shape index (κ3) is 4.00. The molecule has 30 heavy (non-hydrogen) atoms. The highest BCUT2D eigenvalue weighted by atomic mass is 32.1. The molecule has 1 aromatic heterocycles. The Morgan fingerprint density at radius 2 is 1.67 bits per heavy atom. The molecule has 4 nitrogen and oxygen atoms in total. The van der Waals surface area contributed by atoms with Crippen molar-refractivity contribution in [3.8, 4) is 11.5 Å². The lowest BCUT2D eigenvalue weighted by Crippen LogP contribution is -2.40. The Bertz CT molecular complexity index is 964. The number of carbonyl (C=O) groups is 1. The molecule has 0 spiro atoms. The van der Waals surface area contributed by atoms with Crippen LogP contribution in [0.1, 0.15) is 35.4 Å². The SMILES string of the molecule is O=C(NCC1CCN(Cc2ccsc2)CC1)C1c2ccccc2Oc2ccccc21. The molecule has 0 bridgehead atoms. The fourth-order valence-electron chi connectivity index (χ4n) is 4.53. The summed E-state index contributed by atoms with van der Waals surface area (Å²) in [6.07, 6.45) is 2.26. The summed E-state index contributed by atoms with van der Waals surface area (Å²) in [5, 5.41) is 7.63. The van der Waals surface area contributed by atoms with E-state index >= 15 is 0 Å². The van der Waals surface area contributed by atoms with Gasteiger partial charge in [0.1, 0.15) is 11.5 Å². The maximum absolute atomic E-state index is 13.3. The van der Waals surface area contributed by atoms with Gasteiger partial charge in [-0.15, -0.1) is 0 Å². The van der Waals surface area contributed by atoms with Crippen molar-refractivity contribution in [3.63, 3.8) is 0 Å². The van der Waals surface area contributed by atoms with Crippen LogP contribution in [-0.2, 0) is 11.3 Å². The fourth-order valence-corrected chi connectivity index (χ4v) is 5.19. The van der Waals surface area contributed by atoms with Crippen LogP contribution in [0, 0.1) is 5.92 Å². The molecule has 2 aromatic carbocycles. The monoisotopic (exact) mass is 418 g/mol. The molecule has 5 rings (SSSR count). The van der Waals surface area contributed by atoms with Crippen LogP contribution in [0.15, 0.2) is 65.4 Å². The molecular formula is C25H26N2O2S. The lowest BCUT2D eigenvalue weighted by molar-refractivity contribution is -0.122. The minimum Gasteiger partial charge on any atom is -0.457 e.